The number of hydrogen-bond donors (Lipinski definition) is 2. The fraction of sp³-hybridized carbons (Fsp3) is 0.500. The highest BCUT2D eigenvalue weighted by molar-refractivity contribution is 5.72. The van der Waals surface area contributed by atoms with E-state index in [1.165, 1.54) is 0 Å². The molecule has 0 aliphatic heterocycles. The molecule has 106 valence electrons. The molecule has 0 spiro atoms. The maximum Gasteiger partial charge on any atom is 0.312 e. The summed E-state index contributed by atoms with van der Waals surface area (Å²) in [5.74, 6) is -0.0751. The van der Waals surface area contributed by atoms with Gasteiger partial charge in [0.2, 0.25) is 0 Å². The van der Waals surface area contributed by atoms with Gasteiger partial charge in [-0.1, -0.05) is 12.1 Å². The maximum absolute atomic E-state index is 11.5. The number of ether oxygens (including phenoxy) is 2. The van der Waals surface area contributed by atoms with Gasteiger partial charge < -0.3 is 19.9 Å². The predicted octanol–water partition coefficient (Wildman–Crippen LogP) is 0.956. The molecule has 1 rings (SSSR count). The van der Waals surface area contributed by atoms with E-state index in [0.717, 1.165) is 11.3 Å². The second-order valence-corrected chi connectivity index (χ2v) is 4.11. The van der Waals surface area contributed by atoms with Crippen molar-refractivity contribution in [1.29, 1.82) is 0 Å². The van der Waals surface area contributed by atoms with Crippen LogP contribution in [0.15, 0.2) is 24.3 Å². The van der Waals surface area contributed by atoms with E-state index in [1.54, 1.807) is 14.0 Å². The van der Waals surface area contributed by atoms with E-state index in [0.29, 0.717) is 19.7 Å². The molecule has 0 saturated carbocycles. The van der Waals surface area contributed by atoms with Gasteiger partial charge in [-0.25, -0.2) is 0 Å². The number of nitrogens with one attached hydrogen (secondary N) is 1. The number of esters is 1. The second kappa shape index (κ2) is 8.50. The van der Waals surface area contributed by atoms with Crippen LogP contribution in [-0.4, -0.2) is 37.9 Å². The number of aliphatic hydroxyl groups excluding tert-OH is 1. The molecule has 0 heterocycles. The van der Waals surface area contributed by atoms with E-state index in [1.807, 2.05) is 24.3 Å². The Kier molecular flexibility index (Phi) is 6.92. The number of rotatable bonds is 8. The predicted molar refractivity (Wildman–Crippen MR) is 71.9 cm³/mol. The molecule has 0 aromatic heterocycles. The average Bonchev–Trinajstić information content (AvgIpc) is 2.44. The van der Waals surface area contributed by atoms with Crippen molar-refractivity contribution in [1.82, 2.24) is 5.32 Å². The van der Waals surface area contributed by atoms with Crippen LogP contribution in [0.2, 0.25) is 0 Å². The van der Waals surface area contributed by atoms with Gasteiger partial charge in [0.25, 0.3) is 0 Å². The van der Waals surface area contributed by atoms with Crippen LogP contribution in [0.3, 0.4) is 0 Å². The molecule has 0 amide bonds. The van der Waals surface area contributed by atoms with Gasteiger partial charge in [0.1, 0.15) is 5.75 Å². The van der Waals surface area contributed by atoms with Crippen molar-refractivity contribution in [3.8, 4) is 5.75 Å². The summed E-state index contributed by atoms with van der Waals surface area (Å²) in [6.07, 6.45) is 0. The lowest BCUT2D eigenvalue weighted by atomic mass is 10.1. The van der Waals surface area contributed by atoms with Gasteiger partial charge in [-0.15, -0.1) is 0 Å². The lowest BCUT2D eigenvalue weighted by molar-refractivity contribution is -0.149. The van der Waals surface area contributed by atoms with Crippen molar-refractivity contribution in [2.45, 2.75) is 13.5 Å². The molecule has 1 aromatic rings. The van der Waals surface area contributed by atoms with E-state index in [4.69, 9.17) is 14.6 Å². The molecule has 0 bridgehead atoms. The number of aliphatic hydroxyl groups is 1. The third-order valence-corrected chi connectivity index (χ3v) is 2.72. The van der Waals surface area contributed by atoms with E-state index in [-0.39, 0.29) is 12.6 Å². The van der Waals surface area contributed by atoms with Crippen molar-refractivity contribution >= 4 is 5.97 Å². The van der Waals surface area contributed by atoms with Crippen LogP contribution in [0.1, 0.15) is 12.5 Å². The van der Waals surface area contributed by atoms with Crippen LogP contribution in [0, 0.1) is 5.92 Å². The summed E-state index contributed by atoms with van der Waals surface area (Å²) >= 11 is 0. The first kappa shape index (κ1) is 15.5. The first-order valence-electron chi connectivity index (χ1n) is 6.32. The smallest absolute Gasteiger partial charge is 0.312 e. The van der Waals surface area contributed by atoms with Crippen molar-refractivity contribution < 1.29 is 19.4 Å². The van der Waals surface area contributed by atoms with E-state index in [2.05, 4.69) is 5.32 Å². The Bertz CT molecular complexity index is 378. The fourth-order valence-corrected chi connectivity index (χ4v) is 1.62. The molecular formula is C14H21NO4. The highest BCUT2D eigenvalue weighted by Crippen LogP contribution is 2.11. The van der Waals surface area contributed by atoms with Gasteiger partial charge in [0.15, 0.2) is 0 Å². The summed E-state index contributed by atoms with van der Waals surface area (Å²) in [4.78, 5) is 11.5. The minimum Gasteiger partial charge on any atom is -0.497 e. The molecule has 5 nitrogen and oxygen atoms in total. The van der Waals surface area contributed by atoms with Crippen LogP contribution in [0.4, 0.5) is 0 Å². The maximum atomic E-state index is 11.5. The first-order chi connectivity index (χ1) is 9.21. The van der Waals surface area contributed by atoms with Crippen molar-refractivity contribution in [3.63, 3.8) is 0 Å². The zero-order chi connectivity index (χ0) is 14.1. The Hall–Kier alpha value is -1.59. The van der Waals surface area contributed by atoms with E-state index in [9.17, 15) is 4.79 Å². The first-order valence-corrected chi connectivity index (χ1v) is 6.32. The Labute approximate surface area is 113 Å². The van der Waals surface area contributed by atoms with E-state index < -0.39 is 5.92 Å². The summed E-state index contributed by atoms with van der Waals surface area (Å²) < 4.78 is 9.95. The molecule has 1 unspecified atom stereocenters. The molecule has 0 saturated heterocycles. The summed E-state index contributed by atoms with van der Waals surface area (Å²) in [6.45, 7) is 2.88. The standard InChI is InChI=1S/C14H21NO4/c1-3-19-14(17)12(10-16)9-15-8-11-4-6-13(18-2)7-5-11/h4-7,12,15-16H,3,8-10H2,1-2H3. The molecule has 0 aliphatic carbocycles. The van der Waals surface area contributed by atoms with Crippen LogP contribution < -0.4 is 10.1 Å². The third-order valence-electron chi connectivity index (χ3n) is 2.72. The summed E-state index contributed by atoms with van der Waals surface area (Å²) in [6, 6.07) is 7.66. The largest absolute Gasteiger partial charge is 0.497 e. The van der Waals surface area contributed by atoms with Gasteiger partial charge in [0.05, 0.1) is 26.2 Å². The average molecular weight is 267 g/mol. The minimum absolute atomic E-state index is 0.214. The molecule has 0 radical (unpaired) electrons. The Morgan fingerprint density at radius 3 is 2.58 bits per heavy atom. The van der Waals surface area contributed by atoms with Crippen LogP contribution in [0.5, 0.6) is 5.75 Å². The monoisotopic (exact) mass is 267 g/mol. The SMILES string of the molecule is CCOC(=O)C(CO)CNCc1ccc(OC)cc1. The molecule has 1 aromatic carbocycles. The Morgan fingerprint density at radius 2 is 2.05 bits per heavy atom. The van der Waals surface area contributed by atoms with Gasteiger partial charge in [-0.2, -0.15) is 0 Å². The van der Waals surface area contributed by atoms with Gasteiger partial charge in [0, 0.05) is 13.1 Å². The lowest BCUT2D eigenvalue weighted by Gasteiger charge is -2.13. The minimum atomic E-state index is -0.516. The third kappa shape index (κ3) is 5.28. The number of carbonyl (C=O) groups is 1. The topological polar surface area (TPSA) is 67.8 Å². The number of hydrogen-bond acceptors (Lipinski definition) is 5. The van der Waals surface area contributed by atoms with Crippen molar-refractivity contribution in [2.24, 2.45) is 5.92 Å². The molecule has 0 fully saturated rings. The van der Waals surface area contributed by atoms with Gasteiger partial charge in [-0.05, 0) is 24.6 Å². The van der Waals surface area contributed by atoms with Crippen molar-refractivity contribution in [3.05, 3.63) is 29.8 Å². The van der Waals surface area contributed by atoms with E-state index >= 15 is 0 Å². The van der Waals surface area contributed by atoms with Crippen LogP contribution in [0.25, 0.3) is 0 Å². The molecule has 0 aliphatic rings. The quantitative estimate of drug-likeness (QED) is 0.687. The Balaban J connectivity index is 2.36. The van der Waals surface area contributed by atoms with Gasteiger partial charge in [-0.3, -0.25) is 4.79 Å². The normalized spacial score (nSPS) is 11.9. The Morgan fingerprint density at radius 1 is 1.37 bits per heavy atom. The second-order valence-electron chi connectivity index (χ2n) is 4.11. The highest BCUT2D eigenvalue weighted by atomic mass is 16.5. The zero-order valence-electron chi connectivity index (χ0n) is 11.4. The zero-order valence-corrected chi connectivity index (χ0v) is 11.4. The number of carbonyl (C=O) groups excluding carboxylic acids is 1. The molecule has 2 N–H and O–H groups in total. The fourth-order valence-electron chi connectivity index (χ4n) is 1.62. The number of benzene rings is 1. The summed E-state index contributed by atoms with van der Waals surface area (Å²) in [5.41, 5.74) is 1.08. The summed E-state index contributed by atoms with van der Waals surface area (Å²) in [7, 11) is 1.62. The molecule has 1 atom stereocenters. The van der Waals surface area contributed by atoms with Crippen LogP contribution >= 0.6 is 0 Å². The summed E-state index contributed by atoms with van der Waals surface area (Å²) in [5, 5.41) is 12.3. The highest BCUT2D eigenvalue weighted by Gasteiger charge is 2.17. The molecule has 5 heteroatoms. The lowest BCUT2D eigenvalue weighted by Crippen LogP contribution is -2.32. The molecule has 19 heavy (non-hydrogen) atoms. The number of methoxy groups -OCH3 is 1. The van der Waals surface area contributed by atoms with Gasteiger partial charge >= 0.3 is 5.97 Å². The van der Waals surface area contributed by atoms with Crippen molar-refractivity contribution in [2.75, 3.05) is 26.9 Å². The van der Waals surface area contributed by atoms with Crippen LogP contribution in [-0.2, 0) is 16.1 Å². The molecular weight excluding hydrogens is 246 g/mol.